The monoisotopic (exact) mass is 479 g/mol. The topological polar surface area (TPSA) is 74.0 Å². The van der Waals surface area contributed by atoms with Gasteiger partial charge in [-0.25, -0.2) is 9.36 Å². The van der Waals surface area contributed by atoms with E-state index < -0.39 is 0 Å². The van der Waals surface area contributed by atoms with Crippen molar-refractivity contribution in [2.75, 3.05) is 0 Å². The molecule has 2 aromatic carbocycles. The molecule has 2 aromatic heterocycles. The molecule has 0 aliphatic carbocycles. The summed E-state index contributed by atoms with van der Waals surface area (Å²) in [6.45, 7) is 4.55. The second-order valence-corrected chi connectivity index (χ2v) is 7.96. The molecule has 0 unspecified atom stereocenters. The van der Waals surface area contributed by atoms with Crippen molar-refractivity contribution in [1.29, 1.82) is 0 Å². The number of aryl methyl sites for hydroxylation is 1. The Morgan fingerprint density at radius 1 is 1.03 bits per heavy atom. The fraction of sp³-hybridized carbons (Fsp3) is 0.174. The van der Waals surface area contributed by atoms with Crippen LogP contribution in [0.5, 0.6) is 5.75 Å². The Labute approximate surface area is 188 Å². The number of hydrogen-bond acceptors (Lipinski definition) is 4. The number of nitrogens with zero attached hydrogens (tertiary/aromatic N) is 4. The van der Waals surface area contributed by atoms with E-state index in [4.69, 9.17) is 4.74 Å². The molecule has 0 radical (unpaired) electrons. The molecule has 8 heteroatoms. The number of nitrogens with one attached hydrogen (secondary N) is 1. The van der Waals surface area contributed by atoms with Crippen molar-refractivity contribution in [3.05, 3.63) is 94.0 Å². The number of rotatable bonds is 7. The fourth-order valence-corrected chi connectivity index (χ4v) is 3.50. The van der Waals surface area contributed by atoms with Gasteiger partial charge >= 0.3 is 0 Å². The average Bonchev–Trinajstić information content (AvgIpc) is 3.37. The molecule has 2 heterocycles. The number of amides is 1. The molecule has 1 amide bonds. The van der Waals surface area contributed by atoms with Gasteiger partial charge in [-0.05, 0) is 56.3 Å². The first-order chi connectivity index (χ1) is 15.0. The normalized spacial score (nSPS) is 10.8. The number of benzene rings is 2. The molecule has 1 N–H and O–H groups in total. The summed E-state index contributed by atoms with van der Waals surface area (Å²) in [5.41, 5.74) is 4.21. The molecular weight excluding hydrogens is 458 g/mol. The third-order valence-electron chi connectivity index (χ3n) is 4.92. The number of ether oxygens (including phenoxy) is 1. The third-order valence-corrected chi connectivity index (χ3v) is 5.45. The van der Waals surface area contributed by atoms with Crippen molar-refractivity contribution in [3.63, 3.8) is 0 Å². The molecule has 158 valence electrons. The molecule has 0 bridgehead atoms. The van der Waals surface area contributed by atoms with E-state index in [-0.39, 0.29) is 12.6 Å². The highest BCUT2D eigenvalue weighted by Gasteiger charge is 2.15. The summed E-state index contributed by atoms with van der Waals surface area (Å²) in [6, 6.07) is 19.1. The van der Waals surface area contributed by atoms with Crippen LogP contribution >= 0.6 is 15.9 Å². The fourth-order valence-electron chi connectivity index (χ4n) is 3.24. The Hall–Kier alpha value is -3.39. The van der Waals surface area contributed by atoms with Crippen LogP contribution in [0.4, 0.5) is 0 Å². The summed E-state index contributed by atoms with van der Waals surface area (Å²) in [7, 11) is 0. The number of aromatic nitrogens is 4. The maximum Gasteiger partial charge on any atom is 0.272 e. The summed E-state index contributed by atoms with van der Waals surface area (Å²) in [4.78, 5) is 12.6. The zero-order chi connectivity index (χ0) is 21.8. The average molecular weight is 480 g/mol. The van der Waals surface area contributed by atoms with Gasteiger partial charge in [-0.1, -0.05) is 34.1 Å². The highest BCUT2D eigenvalue weighted by Crippen LogP contribution is 2.18. The maximum atomic E-state index is 12.6. The van der Waals surface area contributed by atoms with Crippen molar-refractivity contribution in [1.82, 2.24) is 24.9 Å². The summed E-state index contributed by atoms with van der Waals surface area (Å²) < 4.78 is 10.1. The van der Waals surface area contributed by atoms with Crippen LogP contribution in [0, 0.1) is 13.8 Å². The number of halogens is 1. The zero-order valence-corrected chi connectivity index (χ0v) is 18.8. The van der Waals surface area contributed by atoms with Crippen molar-refractivity contribution in [2.24, 2.45) is 0 Å². The van der Waals surface area contributed by atoms with Gasteiger partial charge in [0.05, 0.1) is 11.4 Å². The van der Waals surface area contributed by atoms with Crippen LogP contribution in [0.2, 0.25) is 0 Å². The third kappa shape index (κ3) is 4.86. The quantitative estimate of drug-likeness (QED) is 0.425. The van der Waals surface area contributed by atoms with Gasteiger partial charge in [-0.15, -0.1) is 0 Å². The van der Waals surface area contributed by atoms with Gasteiger partial charge in [0.2, 0.25) is 0 Å². The Balaban J connectivity index is 1.37. The second-order valence-electron chi connectivity index (χ2n) is 7.05. The molecular formula is C23H22BrN5O2. The molecule has 0 aliphatic rings. The smallest absolute Gasteiger partial charge is 0.272 e. The van der Waals surface area contributed by atoms with Gasteiger partial charge in [-0.3, -0.25) is 4.79 Å². The minimum absolute atomic E-state index is 0.219. The van der Waals surface area contributed by atoms with Crippen LogP contribution in [0.3, 0.4) is 0 Å². The van der Waals surface area contributed by atoms with Gasteiger partial charge in [0.1, 0.15) is 11.4 Å². The first kappa shape index (κ1) is 20.9. The molecule has 0 saturated carbocycles. The van der Waals surface area contributed by atoms with Crippen molar-refractivity contribution in [2.45, 2.75) is 27.1 Å². The van der Waals surface area contributed by atoms with Crippen molar-refractivity contribution < 1.29 is 9.53 Å². The lowest BCUT2D eigenvalue weighted by Gasteiger charge is -2.07. The van der Waals surface area contributed by atoms with Gasteiger partial charge < -0.3 is 10.1 Å². The molecule has 4 aromatic rings. The van der Waals surface area contributed by atoms with Gasteiger partial charge in [-0.2, -0.15) is 10.2 Å². The van der Waals surface area contributed by atoms with Crippen LogP contribution in [-0.2, 0) is 13.3 Å². The van der Waals surface area contributed by atoms with Crippen molar-refractivity contribution >= 4 is 21.8 Å². The van der Waals surface area contributed by atoms with Crippen LogP contribution in [-0.4, -0.2) is 25.5 Å². The molecule has 0 atom stereocenters. The van der Waals surface area contributed by atoms with E-state index >= 15 is 0 Å². The first-order valence-electron chi connectivity index (χ1n) is 9.82. The Morgan fingerprint density at radius 2 is 1.77 bits per heavy atom. The summed E-state index contributed by atoms with van der Waals surface area (Å²) in [5.74, 6) is 0.486. The number of carbonyl (C=O) groups excluding carboxylic acids is 1. The minimum Gasteiger partial charge on any atom is -0.471 e. The number of carbonyl (C=O) groups is 1. The highest BCUT2D eigenvalue weighted by atomic mass is 79.9. The molecule has 0 spiro atoms. The van der Waals surface area contributed by atoms with E-state index in [1.807, 2.05) is 73.1 Å². The molecule has 0 aliphatic heterocycles. The largest absolute Gasteiger partial charge is 0.471 e. The molecule has 7 nitrogen and oxygen atoms in total. The van der Waals surface area contributed by atoms with Gasteiger partial charge in [0, 0.05) is 28.5 Å². The summed E-state index contributed by atoms with van der Waals surface area (Å²) in [6.07, 6.45) is 1.72. The summed E-state index contributed by atoms with van der Waals surface area (Å²) in [5, 5.41) is 11.9. The standard InChI is InChI=1S/C23H22BrN5O2/c1-16-21(17(2)29(26-16)19-6-4-3-5-7-19)14-25-23(30)22-12-13-28(27-22)15-31-20-10-8-18(24)9-11-20/h3-13H,14-15H2,1-2H3,(H,25,30). The minimum atomic E-state index is -0.242. The van der Waals surface area contributed by atoms with Crippen LogP contribution in [0.1, 0.15) is 27.4 Å². The molecule has 4 rings (SSSR count). The first-order valence-corrected chi connectivity index (χ1v) is 10.6. The number of para-hydroxylation sites is 1. The van der Waals surface area contributed by atoms with E-state index in [0.717, 1.165) is 32.9 Å². The van der Waals surface area contributed by atoms with E-state index in [0.29, 0.717) is 12.2 Å². The van der Waals surface area contributed by atoms with Gasteiger partial charge in [0.25, 0.3) is 5.91 Å². The Bertz CT molecular complexity index is 1180. The summed E-state index contributed by atoms with van der Waals surface area (Å²) >= 11 is 3.39. The van der Waals surface area contributed by atoms with E-state index in [1.165, 1.54) is 0 Å². The molecule has 0 fully saturated rings. The van der Waals surface area contributed by atoms with Crippen LogP contribution in [0.15, 0.2) is 71.3 Å². The maximum absolute atomic E-state index is 12.6. The van der Waals surface area contributed by atoms with E-state index in [1.54, 1.807) is 16.9 Å². The predicted octanol–water partition coefficient (Wildman–Crippen LogP) is 4.41. The van der Waals surface area contributed by atoms with Crippen molar-refractivity contribution in [3.8, 4) is 11.4 Å². The van der Waals surface area contributed by atoms with E-state index in [2.05, 4.69) is 31.4 Å². The highest BCUT2D eigenvalue weighted by molar-refractivity contribution is 9.10. The molecule has 0 saturated heterocycles. The SMILES string of the molecule is Cc1nn(-c2ccccc2)c(C)c1CNC(=O)c1ccn(COc2ccc(Br)cc2)n1. The van der Waals surface area contributed by atoms with Crippen LogP contribution in [0.25, 0.3) is 5.69 Å². The predicted molar refractivity (Wildman–Crippen MR) is 121 cm³/mol. The van der Waals surface area contributed by atoms with E-state index in [9.17, 15) is 4.79 Å². The lowest BCUT2D eigenvalue weighted by molar-refractivity contribution is 0.0944. The Morgan fingerprint density at radius 3 is 2.52 bits per heavy atom. The van der Waals surface area contributed by atoms with Gasteiger partial charge in [0.15, 0.2) is 6.73 Å². The zero-order valence-electron chi connectivity index (χ0n) is 17.2. The lowest BCUT2D eigenvalue weighted by Crippen LogP contribution is -2.24. The number of hydrogen-bond donors (Lipinski definition) is 1. The second kappa shape index (κ2) is 9.18. The Kier molecular flexibility index (Phi) is 6.18. The van der Waals surface area contributed by atoms with Crippen LogP contribution < -0.4 is 10.1 Å². The molecule has 31 heavy (non-hydrogen) atoms. The lowest BCUT2D eigenvalue weighted by atomic mass is 10.2.